The zero-order chi connectivity index (χ0) is 14.3. The quantitative estimate of drug-likeness (QED) is 0.403. The van der Waals surface area contributed by atoms with Crippen molar-refractivity contribution in [1.82, 2.24) is 25.0 Å². The number of nitrogens with two attached hydrogens (primary N) is 1. The van der Waals surface area contributed by atoms with E-state index < -0.39 is 24.5 Å². The maximum absolute atomic E-state index is 10.0. The average molecular weight is 282 g/mol. The Morgan fingerprint density at radius 1 is 1.30 bits per heavy atom. The summed E-state index contributed by atoms with van der Waals surface area (Å²) in [4.78, 5) is 11.9. The third-order valence-electron chi connectivity index (χ3n) is 3.29. The molecule has 0 unspecified atom stereocenters. The Balaban J connectivity index is 1.97. The first-order chi connectivity index (χ1) is 9.63. The Kier molecular flexibility index (Phi) is 3.23. The zero-order valence-electron chi connectivity index (χ0n) is 10.3. The number of rotatable bonds is 3. The lowest BCUT2D eigenvalue weighted by atomic mass is 10.1. The van der Waals surface area contributed by atoms with E-state index in [0.717, 1.165) is 0 Å². The van der Waals surface area contributed by atoms with Crippen LogP contribution in [-0.4, -0.2) is 59.8 Å². The van der Waals surface area contributed by atoms with Crippen LogP contribution in [0.5, 0.6) is 0 Å². The van der Waals surface area contributed by atoms with Crippen molar-refractivity contribution in [2.24, 2.45) is 0 Å². The SMILES string of the molecule is Nc1ncnc2c1ncn2[C@@H]1O[C@H](CNO)[C@@H](O)[C@H]1O. The van der Waals surface area contributed by atoms with Gasteiger partial charge in [0.15, 0.2) is 17.7 Å². The van der Waals surface area contributed by atoms with Crippen LogP contribution in [-0.2, 0) is 4.74 Å². The molecule has 20 heavy (non-hydrogen) atoms. The van der Waals surface area contributed by atoms with Crippen molar-refractivity contribution < 1.29 is 20.2 Å². The van der Waals surface area contributed by atoms with Gasteiger partial charge < -0.3 is 25.9 Å². The van der Waals surface area contributed by atoms with E-state index in [-0.39, 0.29) is 12.4 Å². The molecule has 0 spiro atoms. The van der Waals surface area contributed by atoms with Gasteiger partial charge in [0.1, 0.15) is 30.2 Å². The van der Waals surface area contributed by atoms with Crippen molar-refractivity contribution in [3.63, 3.8) is 0 Å². The number of imidazole rings is 1. The molecule has 2 aromatic heterocycles. The van der Waals surface area contributed by atoms with E-state index >= 15 is 0 Å². The Bertz CT molecular complexity index is 619. The topological polar surface area (TPSA) is 152 Å². The molecule has 3 rings (SSSR count). The van der Waals surface area contributed by atoms with Gasteiger partial charge in [-0.15, -0.1) is 0 Å². The molecule has 0 saturated carbocycles. The number of aliphatic hydroxyl groups excluding tert-OH is 2. The largest absolute Gasteiger partial charge is 0.387 e. The minimum Gasteiger partial charge on any atom is -0.387 e. The highest BCUT2D eigenvalue weighted by molar-refractivity contribution is 5.81. The van der Waals surface area contributed by atoms with Crippen LogP contribution in [0.4, 0.5) is 5.82 Å². The van der Waals surface area contributed by atoms with Crippen molar-refractivity contribution in [2.75, 3.05) is 12.3 Å². The predicted octanol–water partition coefficient (Wildman–Crippen LogP) is -1.99. The molecule has 2 aromatic rings. The molecule has 6 N–H and O–H groups in total. The second kappa shape index (κ2) is 4.92. The van der Waals surface area contributed by atoms with Crippen molar-refractivity contribution in [1.29, 1.82) is 0 Å². The number of aliphatic hydroxyl groups is 2. The number of fused-ring (bicyclic) bond motifs is 1. The minimum absolute atomic E-state index is 0.0154. The molecule has 0 bridgehead atoms. The van der Waals surface area contributed by atoms with Gasteiger partial charge in [0.25, 0.3) is 0 Å². The van der Waals surface area contributed by atoms with E-state index in [1.54, 1.807) is 0 Å². The highest BCUT2D eigenvalue weighted by Crippen LogP contribution is 2.31. The molecule has 1 saturated heterocycles. The fraction of sp³-hybridized carbons (Fsp3) is 0.500. The van der Waals surface area contributed by atoms with Gasteiger partial charge in [0.2, 0.25) is 0 Å². The second-order valence-corrected chi connectivity index (χ2v) is 4.49. The van der Waals surface area contributed by atoms with Gasteiger partial charge in [0, 0.05) is 6.54 Å². The standard InChI is InChI=1S/C10H14N6O4/c11-8-5-9(13-2-12-8)16(3-14-5)10-7(18)6(17)4(20-10)1-15-19/h2-4,6-7,10,15,17-19H,1H2,(H2,11,12,13)/t4-,6-,7-,10-/m1/s1. The third kappa shape index (κ3) is 1.90. The fourth-order valence-corrected chi connectivity index (χ4v) is 2.27. The van der Waals surface area contributed by atoms with E-state index in [9.17, 15) is 10.2 Å². The maximum atomic E-state index is 10.0. The van der Waals surface area contributed by atoms with Crippen molar-refractivity contribution in [2.45, 2.75) is 24.5 Å². The summed E-state index contributed by atoms with van der Waals surface area (Å²) >= 11 is 0. The molecule has 10 nitrogen and oxygen atoms in total. The third-order valence-corrected chi connectivity index (χ3v) is 3.29. The summed E-state index contributed by atoms with van der Waals surface area (Å²) in [6.45, 7) is -0.0154. The highest BCUT2D eigenvalue weighted by Gasteiger charge is 2.44. The first-order valence-corrected chi connectivity index (χ1v) is 5.95. The van der Waals surface area contributed by atoms with E-state index in [1.807, 2.05) is 5.48 Å². The van der Waals surface area contributed by atoms with Gasteiger partial charge in [-0.25, -0.2) is 20.4 Å². The smallest absolute Gasteiger partial charge is 0.167 e. The molecular formula is C10H14N6O4. The normalized spacial score (nSPS) is 30.1. The van der Waals surface area contributed by atoms with Crippen LogP contribution in [0.25, 0.3) is 11.2 Å². The summed E-state index contributed by atoms with van der Waals surface area (Å²) in [6.07, 6.45) is -1.26. The monoisotopic (exact) mass is 282 g/mol. The second-order valence-electron chi connectivity index (χ2n) is 4.49. The maximum Gasteiger partial charge on any atom is 0.167 e. The minimum atomic E-state index is -1.18. The first kappa shape index (κ1) is 13.1. The van der Waals surface area contributed by atoms with Crippen LogP contribution < -0.4 is 11.2 Å². The number of nitrogen functional groups attached to an aromatic ring is 1. The molecule has 1 aliphatic rings. The highest BCUT2D eigenvalue weighted by atomic mass is 16.6. The zero-order valence-corrected chi connectivity index (χ0v) is 10.3. The Hall–Kier alpha value is -1.85. The lowest BCUT2D eigenvalue weighted by Crippen LogP contribution is -2.36. The Morgan fingerprint density at radius 3 is 2.85 bits per heavy atom. The number of ether oxygens (including phenoxy) is 1. The van der Waals surface area contributed by atoms with Gasteiger partial charge in [-0.05, 0) is 0 Å². The van der Waals surface area contributed by atoms with Crippen LogP contribution in [0.2, 0.25) is 0 Å². The molecule has 0 radical (unpaired) electrons. The Labute approximate surface area is 112 Å². The van der Waals surface area contributed by atoms with Gasteiger partial charge in [-0.2, -0.15) is 0 Å². The Morgan fingerprint density at radius 2 is 2.10 bits per heavy atom. The number of anilines is 1. The van der Waals surface area contributed by atoms with Crippen molar-refractivity contribution >= 4 is 17.0 Å². The summed E-state index contributed by atoms with van der Waals surface area (Å²) in [5.41, 5.74) is 8.37. The van der Waals surface area contributed by atoms with Gasteiger partial charge in [-0.3, -0.25) is 4.57 Å². The summed E-state index contributed by atoms with van der Waals surface area (Å²) in [5.74, 6) is 0.218. The summed E-state index contributed by atoms with van der Waals surface area (Å²) in [6, 6.07) is 0. The molecule has 0 aliphatic carbocycles. The van der Waals surface area contributed by atoms with Gasteiger partial charge in [-0.1, -0.05) is 0 Å². The van der Waals surface area contributed by atoms with E-state index in [1.165, 1.54) is 17.2 Å². The number of nitrogens with one attached hydrogen (secondary N) is 1. The molecule has 3 heterocycles. The first-order valence-electron chi connectivity index (χ1n) is 5.95. The average Bonchev–Trinajstić information content (AvgIpc) is 2.97. The van der Waals surface area contributed by atoms with Crippen LogP contribution >= 0.6 is 0 Å². The summed E-state index contributed by atoms with van der Waals surface area (Å²) < 4.78 is 6.99. The molecule has 4 atom stereocenters. The molecule has 0 aromatic carbocycles. The number of hydroxylamine groups is 1. The van der Waals surface area contributed by atoms with Crippen LogP contribution in [0.3, 0.4) is 0 Å². The molecule has 1 aliphatic heterocycles. The fourth-order valence-electron chi connectivity index (χ4n) is 2.27. The lowest BCUT2D eigenvalue weighted by Gasteiger charge is -2.16. The predicted molar refractivity (Wildman–Crippen MR) is 65.4 cm³/mol. The number of hydrogen-bond donors (Lipinski definition) is 5. The number of aromatic nitrogens is 4. The molecule has 0 amide bonds. The van der Waals surface area contributed by atoms with Crippen molar-refractivity contribution in [3.8, 4) is 0 Å². The number of hydrogen-bond acceptors (Lipinski definition) is 9. The van der Waals surface area contributed by atoms with Gasteiger partial charge >= 0.3 is 0 Å². The van der Waals surface area contributed by atoms with Gasteiger partial charge in [0.05, 0.1) is 6.33 Å². The molecule has 10 heteroatoms. The van der Waals surface area contributed by atoms with E-state index in [0.29, 0.717) is 11.2 Å². The molecule has 1 fully saturated rings. The molecule has 108 valence electrons. The van der Waals surface area contributed by atoms with Crippen LogP contribution in [0, 0.1) is 0 Å². The van der Waals surface area contributed by atoms with E-state index in [4.69, 9.17) is 15.7 Å². The van der Waals surface area contributed by atoms with E-state index in [2.05, 4.69) is 15.0 Å². The summed E-state index contributed by atoms with van der Waals surface area (Å²) in [5, 5.41) is 28.6. The van der Waals surface area contributed by atoms with Crippen molar-refractivity contribution in [3.05, 3.63) is 12.7 Å². The van der Waals surface area contributed by atoms with Crippen LogP contribution in [0.15, 0.2) is 12.7 Å². The lowest BCUT2D eigenvalue weighted by molar-refractivity contribution is -0.0430. The number of nitrogens with zero attached hydrogens (tertiary/aromatic N) is 4. The van der Waals surface area contributed by atoms with Crippen LogP contribution in [0.1, 0.15) is 6.23 Å². The molecular weight excluding hydrogens is 268 g/mol. The summed E-state index contributed by atoms with van der Waals surface area (Å²) in [7, 11) is 0.